The molecule has 3 heteroatoms. The molecule has 0 amide bonds. The Balaban J connectivity index is 2.83. The number of hydrogen-bond donors (Lipinski definition) is 0. The van der Waals surface area contributed by atoms with Crippen molar-refractivity contribution in [3.05, 3.63) is 20.3 Å². The predicted molar refractivity (Wildman–Crippen MR) is 72.4 cm³/mol. The highest BCUT2D eigenvalue weighted by molar-refractivity contribution is 9.11. The molecule has 0 bridgehead atoms. The molecule has 0 saturated carbocycles. The Morgan fingerprint density at radius 2 is 1.86 bits per heavy atom. The van der Waals surface area contributed by atoms with Crippen molar-refractivity contribution in [1.29, 1.82) is 0 Å². The maximum atomic E-state index is 3.79. The average Bonchev–Trinajstić information content (AvgIpc) is 2.44. The fourth-order valence-electron chi connectivity index (χ4n) is 1.22. The van der Waals surface area contributed by atoms with Gasteiger partial charge in [-0.2, -0.15) is 0 Å². The van der Waals surface area contributed by atoms with Gasteiger partial charge in [0.25, 0.3) is 0 Å². The summed E-state index contributed by atoms with van der Waals surface area (Å²) in [5.41, 5.74) is 1.34. The van der Waals surface area contributed by atoms with E-state index in [0.717, 1.165) is 0 Å². The van der Waals surface area contributed by atoms with Crippen molar-refractivity contribution in [2.24, 2.45) is 11.8 Å². The minimum absolute atomic E-state index is 0.484. The van der Waals surface area contributed by atoms with Gasteiger partial charge in [0.05, 0.1) is 8.61 Å². The second-order valence-corrected chi connectivity index (χ2v) is 7.50. The van der Waals surface area contributed by atoms with E-state index in [0.29, 0.717) is 16.7 Å². The fourth-order valence-corrected chi connectivity index (χ4v) is 3.90. The average molecular weight is 340 g/mol. The monoisotopic (exact) mass is 338 g/mol. The molecule has 0 aromatic carbocycles. The van der Waals surface area contributed by atoms with Gasteiger partial charge < -0.3 is 0 Å². The van der Waals surface area contributed by atoms with Gasteiger partial charge in [0, 0.05) is 4.88 Å². The Morgan fingerprint density at radius 1 is 1.29 bits per heavy atom. The van der Waals surface area contributed by atoms with Crippen molar-refractivity contribution < 1.29 is 0 Å². The van der Waals surface area contributed by atoms with E-state index >= 15 is 0 Å². The van der Waals surface area contributed by atoms with Crippen LogP contribution in [0, 0.1) is 18.8 Å². The molecule has 0 saturated heterocycles. The van der Waals surface area contributed by atoms with Crippen LogP contribution in [0.25, 0.3) is 0 Å². The van der Waals surface area contributed by atoms with Gasteiger partial charge >= 0.3 is 0 Å². The summed E-state index contributed by atoms with van der Waals surface area (Å²) < 4.78 is 1.26. The topological polar surface area (TPSA) is 0 Å². The number of rotatable bonds is 3. The van der Waals surface area contributed by atoms with Gasteiger partial charge in [0.2, 0.25) is 0 Å². The lowest BCUT2D eigenvalue weighted by Gasteiger charge is -2.20. The zero-order valence-electron chi connectivity index (χ0n) is 8.97. The quantitative estimate of drug-likeness (QED) is 0.633. The highest BCUT2D eigenvalue weighted by Crippen LogP contribution is 2.41. The van der Waals surface area contributed by atoms with Crippen LogP contribution in [0.5, 0.6) is 0 Å². The number of thiophene rings is 1. The molecular formula is C11H16Br2S. The lowest BCUT2D eigenvalue weighted by atomic mass is 9.94. The number of alkyl halides is 1. The van der Waals surface area contributed by atoms with Crippen LogP contribution in [0.4, 0.5) is 0 Å². The summed E-state index contributed by atoms with van der Waals surface area (Å²) in [6, 6.07) is 2.27. The normalized spacial score (nSPS) is 15.9. The molecule has 0 N–H and O–H groups in total. The van der Waals surface area contributed by atoms with Crippen LogP contribution < -0.4 is 0 Å². The van der Waals surface area contributed by atoms with Gasteiger partial charge in [-0.25, -0.2) is 0 Å². The van der Waals surface area contributed by atoms with Crippen LogP contribution >= 0.6 is 43.2 Å². The highest BCUT2D eigenvalue weighted by atomic mass is 79.9. The van der Waals surface area contributed by atoms with Crippen LogP contribution in [-0.4, -0.2) is 0 Å². The lowest BCUT2D eigenvalue weighted by molar-refractivity contribution is 0.417. The molecule has 0 spiro atoms. The molecule has 2 atom stereocenters. The van der Waals surface area contributed by atoms with Crippen molar-refractivity contribution in [3.8, 4) is 0 Å². The molecular weight excluding hydrogens is 324 g/mol. The third kappa shape index (κ3) is 2.83. The van der Waals surface area contributed by atoms with E-state index in [-0.39, 0.29) is 0 Å². The minimum Gasteiger partial charge on any atom is -0.132 e. The third-order valence-electron chi connectivity index (χ3n) is 2.66. The summed E-state index contributed by atoms with van der Waals surface area (Å²) in [6.07, 6.45) is 0. The molecule has 0 aliphatic heterocycles. The molecule has 0 aliphatic carbocycles. The smallest absolute Gasteiger partial charge is 0.0730 e. The van der Waals surface area contributed by atoms with Crippen LogP contribution in [0.15, 0.2) is 9.85 Å². The first kappa shape index (κ1) is 12.7. The fraction of sp³-hybridized carbons (Fsp3) is 0.636. The van der Waals surface area contributed by atoms with Gasteiger partial charge in [0.1, 0.15) is 0 Å². The Labute approximate surface area is 107 Å². The van der Waals surface area contributed by atoms with E-state index in [1.807, 2.05) is 11.3 Å². The van der Waals surface area contributed by atoms with Gasteiger partial charge in [-0.1, -0.05) is 36.7 Å². The summed E-state index contributed by atoms with van der Waals surface area (Å²) in [4.78, 5) is 1.91. The molecule has 0 aliphatic rings. The van der Waals surface area contributed by atoms with Crippen molar-refractivity contribution >= 4 is 43.2 Å². The van der Waals surface area contributed by atoms with Crippen molar-refractivity contribution in [1.82, 2.24) is 0 Å². The van der Waals surface area contributed by atoms with Crippen LogP contribution in [0.1, 0.15) is 36.0 Å². The zero-order valence-corrected chi connectivity index (χ0v) is 13.0. The van der Waals surface area contributed by atoms with E-state index in [1.165, 1.54) is 14.2 Å². The van der Waals surface area contributed by atoms with Gasteiger partial charge in [-0.05, 0) is 46.3 Å². The summed E-state index contributed by atoms with van der Waals surface area (Å²) in [5, 5.41) is 0. The maximum absolute atomic E-state index is 3.79. The van der Waals surface area contributed by atoms with Gasteiger partial charge in [0.15, 0.2) is 0 Å². The zero-order chi connectivity index (χ0) is 10.9. The number of halogens is 2. The Bertz CT molecular complexity index is 285. The van der Waals surface area contributed by atoms with Crippen molar-refractivity contribution in [3.63, 3.8) is 0 Å². The summed E-state index contributed by atoms with van der Waals surface area (Å²) >= 11 is 9.20. The summed E-state index contributed by atoms with van der Waals surface area (Å²) in [6.45, 7) is 8.99. The Kier molecular flexibility index (Phi) is 4.66. The number of hydrogen-bond acceptors (Lipinski definition) is 1. The third-order valence-corrected chi connectivity index (χ3v) is 6.51. The van der Waals surface area contributed by atoms with E-state index in [2.05, 4.69) is 65.6 Å². The molecule has 14 heavy (non-hydrogen) atoms. The van der Waals surface area contributed by atoms with Crippen LogP contribution in [0.3, 0.4) is 0 Å². The first-order valence-corrected chi connectivity index (χ1v) is 7.36. The van der Waals surface area contributed by atoms with E-state index in [4.69, 9.17) is 0 Å². The highest BCUT2D eigenvalue weighted by Gasteiger charge is 2.21. The predicted octanol–water partition coefficient (Wildman–Crippen LogP) is 5.55. The molecule has 1 aromatic heterocycles. The summed E-state index contributed by atoms with van der Waals surface area (Å²) in [7, 11) is 0. The molecule has 1 rings (SSSR count). The van der Waals surface area contributed by atoms with E-state index in [1.54, 1.807) is 0 Å². The van der Waals surface area contributed by atoms with E-state index in [9.17, 15) is 0 Å². The molecule has 1 aromatic rings. The molecule has 2 unspecified atom stereocenters. The van der Waals surface area contributed by atoms with Crippen molar-refractivity contribution in [2.45, 2.75) is 32.5 Å². The largest absolute Gasteiger partial charge is 0.132 e. The molecule has 0 radical (unpaired) electrons. The van der Waals surface area contributed by atoms with E-state index < -0.39 is 0 Å². The van der Waals surface area contributed by atoms with Crippen LogP contribution in [-0.2, 0) is 0 Å². The van der Waals surface area contributed by atoms with Crippen LogP contribution in [0.2, 0.25) is 0 Å². The second-order valence-electron chi connectivity index (χ2n) is 4.11. The summed E-state index contributed by atoms with van der Waals surface area (Å²) in [5.74, 6) is 1.38. The molecule has 0 fully saturated rings. The molecule has 1 heterocycles. The molecule has 80 valence electrons. The SMILES string of the molecule is Cc1cc(C(Br)C(C)C(C)C)sc1Br. The maximum Gasteiger partial charge on any atom is 0.0730 e. The van der Waals surface area contributed by atoms with Gasteiger partial charge in [-0.15, -0.1) is 11.3 Å². The standard InChI is InChI=1S/C11H16Br2S/c1-6(2)8(4)10(12)9-5-7(3)11(13)14-9/h5-6,8,10H,1-4H3. The first-order valence-electron chi connectivity index (χ1n) is 4.83. The lowest BCUT2D eigenvalue weighted by Crippen LogP contribution is -2.09. The molecule has 0 nitrogen and oxygen atoms in total. The first-order chi connectivity index (χ1) is 6.43. The Morgan fingerprint density at radius 3 is 2.21 bits per heavy atom. The second kappa shape index (κ2) is 5.13. The number of aryl methyl sites for hydroxylation is 1. The van der Waals surface area contributed by atoms with Crippen molar-refractivity contribution in [2.75, 3.05) is 0 Å². The van der Waals surface area contributed by atoms with Gasteiger partial charge in [-0.3, -0.25) is 0 Å². The minimum atomic E-state index is 0.484. The Hall–Kier alpha value is 0.660.